The third-order valence-electron chi connectivity index (χ3n) is 6.55. The Balaban J connectivity index is 2.03. The minimum absolute atomic E-state index is 0.0511. The molecule has 0 spiro atoms. The van der Waals surface area contributed by atoms with E-state index in [1.165, 1.54) is 17.0 Å². The molecular weight excluding hydrogens is 534 g/mol. The third kappa shape index (κ3) is 7.61. The largest absolute Gasteiger partial charge is 0.354 e. The number of amides is 2. The summed E-state index contributed by atoms with van der Waals surface area (Å²) < 4.78 is 29.0. The van der Waals surface area contributed by atoms with E-state index in [9.17, 15) is 18.0 Å². The van der Waals surface area contributed by atoms with Crippen LogP contribution in [0.1, 0.15) is 44.7 Å². The van der Waals surface area contributed by atoms with Crippen LogP contribution in [-0.2, 0) is 32.6 Å². The zero-order valence-corrected chi connectivity index (χ0v) is 24.2. The topological polar surface area (TPSA) is 86.8 Å². The van der Waals surface area contributed by atoms with Gasteiger partial charge in [-0.15, -0.1) is 0 Å². The molecule has 0 radical (unpaired) electrons. The zero-order valence-electron chi connectivity index (χ0n) is 22.6. The van der Waals surface area contributed by atoms with E-state index in [2.05, 4.69) is 5.32 Å². The Labute approximate surface area is 236 Å². The first-order valence-electron chi connectivity index (χ1n) is 13.2. The molecule has 0 saturated heterocycles. The third-order valence-corrected chi connectivity index (χ3v) is 8.69. The predicted octanol–water partition coefficient (Wildman–Crippen LogP) is 5.43. The summed E-state index contributed by atoms with van der Waals surface area (Å²) >= 11 is 6.41. The van der Waals surface area contributed by atoms with Crippen LogP contribution in [0.2, 0.25) is 5.02 Å². The maximum Gasteiger partial charge on any atom is 0.264 e. The molecular formula is C30H36ClN3O4S. The van der Waals surface area contributed by atoms with Crippen LogP contribution in [0.25, 0.3) is 0 Å². The lowest BCUT2D eigenvalue weighted by atomic mass is 10.1. The number of carbonyl (C=O) groups is 2. The fourth-order valence-electron chi connectivity index (χ4n) is 4.21. The van der Waals surface area contributed by atoms with Gasteiger partial charge in [0.15, 0.2) is 0 Å². The highest BCUT2D eigenvalue weighted by atomic mass is 35.5. The number of sulfonamides is 1. The molecule has 3 aromatic carbocycles. The first-order chi connectivity index (χ1) is 18.7. The first-order valence-corrected chi connectivity index (χ1v) is 15.0. The molecule has 0 fully saturated rings. The zero-order chi connectivity index (χ0) is 28.4. The van der Waals surface area contributed by atoms with Crippen LogP contribution in [0.3, 0.4) is 0 Å². The molecule has 0 bridgehead atoms. The Hall–Kier alpha value is -3.36. The van der Waals surface area contributed by atoms with Crippen LogP contribution in [0.4, 0.5) is 5.69 Å². The van der Waals surface area contributed by atoms with E-state index in [1.807, 2.05) is 26.0 Å². The molecule has 9 heteroatoms. The van der Waals surface area contributed by atoms with Crippen molar-refractivity contribution < 1.29 is 18.0 Å². The number of nitrogens with one attached hydrogen (secondary N) is 1. The van der Waals surface area contributed by atoms with E-state index < -0.39 is 28.5 Å². The molecule has 1 atom stereocenters. The Bertz CT molecular complexity index is 1370. The molecule has 39 heavy (non-hydrogen) atoms. The highest BCUT2D eigenvalue weighted by Gasteiger charge is 2.33. The summed E-state index contributed by atoms with van der Waals surface area (Å²) in [6.07, 6.45) is 2.30. The van der Waals surface area contributed by atoms with Crippen LogP contribution in [-0.4, -0.2) is 44.3 Å². The molecule has 208 valence electrons. The summed E-state index contributed by atoms with van der Waals surface area (Å²) in [5.74, 6) is -0.825. The molecule has 7 nitrogen and oxygen atoms in total. The number of carbonyl (C=O) groups excluding carboxylic acids is 2. The number of unbranched alkanes of at least 4 members (excludes halogenated alkanes) is 1. The van der Waals surface area contributed by atoms with Crippen LogP contribution in [0.15, 0.2) is 83.8 Å². The number of halogens is 1. The van der Waals surface area contributed by atoms with Crippen molar-refractivity contribution in [3.63, 3.8) is 0 Å². The normalized spacial score (nSPS) is 12.0. The molecule has 1 N–H and O–H groups in total. The fraction of sp³-hybridized carbons (Fsp3) is 0.333. The number of rotatable bonds is 13. The molecule has 0 heterocycles. The van der Waals surface area contributed by atoms with Gasteiger partial charge in [-0.05, 0) is 55.2 Å². The van der Waals surface area contributed by atoms with Gasteiger partial charge in [-0.3, -0.25) is 13.9 Å². The van der Waals surface area contributed by atoms with Gasteiger partial charge in [-0.1, -0.05) is 86.5 Å². The SMILES string of the molecule is CCCCNC(=O)[C@H](C)N(Cc1ccccc1Cl)C(=O)CN(c1ccccc1CC)S(=O)(=O)c1ccccc1. The average Bonchev–Trinajstić information content (AvgIpc) is 2.95. The van der Waals surface area contributed by atoms with Gasteiger partial charge in [0.25, 0.3) is 10.0 Å². The maximum atomic E-state index is 14.0. The van der Waals surface area contributed by atoms with Gasteiger partial charge in [-0.2, -0.15) is 0 Å². The van der Waals surface area contributed by atoms with Gasteiger partial charge in [0.05, 0.1) is 10.6 Å². The molecule has 0 aliphatic rings. The van der Waals surface area contributed by atoms with Crippen molar-refractivity contribution in [2.75, 3.05) is 17.4 Å². The van der Waals surface area contributed by atoms with Gasteiger partial charge >= 0.3 is 0 Å². The van der Waals surface area contributed by atoms with E-state index in [0.29, 0.717) is 29.2 Å². The summed E-state index contributed by atoms with van der Waals surface area (Å²) in [6, 6.07) is 21.4. The average molecular weight is 570 g/mol. The molecule has 2 amide bonds. The van der Waals surface area contributed by atoms with E-state index in [-0.39, 0.29) is 17.3 Å². The fourth-order valence-corrected chi connectivity index (χ4v) is 5.88. The van der Waals surface area contributed by atoms with E-state index >= 15 is 0 Å². The van der Waals surface area contributed by atoms with Crippen LogP contribution in [0.5, 0.6) is 0 Å². The van der Waals surface area contributed by atoms with Crippen molar-refractivity contribution in [2.24, 2.45) is 0 Å². The van der Waals surface area contributed by atoms with Gasteiger partial charge in [-0.25, -0.2) is 8.42 Å². The Morgan fingerprint density at radius 1 is 0.897 bits per heavy atom. The predicted molar refractivity (Wildman–Crippen MR) is 156 cm³/mol. The van der Waals surface area contributed by atoms with E-state index in [4.69, 9.17) is 11.6 Å². The number of aryl methyl sites for hydroxylation is 1. The van der Waals surface area contributed by atoms with Crippen molar-refractivity contribution in [1.82, 2.24) is 10.2 Å². The van der Waals surface area contributed by atoms with Gasteiger partial charge < -0.3 is 10.2 Å². The Morgan fingerprint density at radius 3 is 2.15 bits per heavy atom. The molecule has 3 rings (SSSR count). The first kappa shape index (κ1) is 30.2. The van der Waals surface area contributed by atoms with E-state index in [0.717, 1.165) is 22.7 Å². The van der Waals surface area contributed by atoms with Crippen molar-refractivity contribution in [1.29, 1.82) is 0 Å². The second kappa shape index (κ2) is 14.1. The Kier molecular flexibility index (Phi) is 10.9. The highest BCUT2D eigenvalue weighted by molar-refractivity contribution is 7.92. The lowest BCUT2D eigenvalue weighted by Gasteiger charge is -2.32. The molecule has 0 aliphatic carbocycles. The lowest BCUT2D eigenvalue weighted by molar-refractivity contribution is -0.139. The quantitative estimate of drug-likeness (QED) is 0.278. The van der Waals surface area contributed by atoms with Crippen molar-refractivity contribution in [2.45, 2.75) is 57.5 Å². The molecule has 3 aromatic rings. The summed E-state index contributed by atoms with van der Waals surface area (Å²) in [4.78, 5) is 28.5. The lowest BCUT2D eigenvalue weighted by Crippen LogP contribution is -2.51. The second-order valence-electron chi connectivity index (χ2n) is 9.24. The van der Waals surface area contributed by atoms with Crippen LogP contribution < -0.4 is 9.62 Å². The minimum atomic E-state index is -4.10. The number of nitrogens with zero attached hydrogens (tertiary/aromatic N) is 2. The van der Waals surface area contributed by atoms with Crippen LogP contribution in [0, 0.1) is 0 Å². The standard InChI is InChI=1S/C30H36ClN3O4S/c1-4-6-20-32-30(36)23(3)33(21-25-15-10-12-18-27(25)31)29(35)22-34(28-19-13-11-14-24(28)5-2)39(37,38)26-16-8-7-9-17-26/h7-19,23H,4-6,20-22H2,1-3H3,(H,32,36)/t23-/m0/s1. The second-order valence-corrected chi connectivity index (χ2v) is 11.5. The van der Waals surface area contributed by atoms with Gasteiger partial charge in [0.1, 0.15) is 12.6 Å². The number of hydrogen-bond donors (Lipinski definition) is 1. The molecule has 0 aliphatic heterocycles. The van der Waals surface area contributed by atoms with E-state index in [1.54, 1.807) is 61.5 Å². The number of benzene rings is 3. The van der Waals surface area contributed by atoms with Crippen LogP contribution >= 0.6 is 11.6 Å². The summed E-state index contributed by atoms with van der Waals surface area (Å²) in [7, 11) is -4.10. The molecule has 0 unspecified atom stereocenters. The number of anilines is 1. The van der Waals surface area contributed by atoms with Gasteiger partial charge in [0.2, 0.25) is 11.8 Å². The van der Waals surface area contributed by atoms with Crippen molar-refractivity contribution in [3.05, 3.63) is 95.0 Å². The van der Waals surface area contributed by atoms with Crippen molar-refractivity contribution >= 4 is 39.1 Å². The summed E-state index contributed by atoms with van der Waals surface area (Å²) in [5, 5.41) is 3.34. The summed E-state index contributed by atoms with van der Waals surface area (Å²) in [5.41, 5.74) is 1.87. The molecule has 0 aromatic heterocycles. The Morgan fingerprint density at radius 2 is 1.51 bits per heavy atom. The highest BCUT2D eigenvalue weighted by Crippen LogP contribution is 2.28. The smallest absolute Gasteiger partial charge is 0.264 e. The molecule has 0 saturated carbocycles. The summed E-state index contributed by atoms with van der Waals surface area (Å²) in [6.45, 7) is 5.66. The monoisotopic (exact) mass is 569 g/mol. The van der Waals surface area contributed by atoms with Gasteiger partial charge in [0, 0.05) is 18.1 Å². The minimum Gasteiger partial charge on any atom is -0.354 e. The number of para-hydroxylation sites is 1. The maximum absolute atomic E-state index is 14.0. The van der Waals surface area contributed by atoms with Crippen molar-refractivity contribution in [3.8, 4) is 0 Å². The number of hydrogen-bond acceptors (Lipinski definition) is 4.